The van der Waals surface area contributed by atoms with Crippen LogP contribution in [0.15, 0.2) is 48.6 Å². The Bertz CT molecular complexity index is 566. The van der Waals surface area contributed by atoms with Gasteiger partial charge in [-0.05, 0) is 51.4 Å². The van der Waals surface area contributed by atoms with Crippen LogP contribution in [0.1, 0.15) is 71.1 Å². The van der Waals surface area contributed by atoms with Gasteiger partial charge in [-0.25, -0.2) is 4.57 Å². The highest BCUT2D eigenvalue weighted by molar-refractivity contribution is 7.46. The zero-order valence-corrected chi connectivity index (χ0v) is 19.6. The average Bonchev–Trinajstić information content (AvgIpc) is 2.72. The molecule has 0 saturated heterocycles. The van der Waals surface area contributed by atoms with E-state index in [-0.39, 0.29) is 6.61 Å². The summed E-state index contributed by atoms with van der Waals surface area (Å²) >= 11 is 0. The Labute approximate surface area is 187 Å². The lowest BCUT2D eigenvalue weighted by atomic mass is 10.2. The molecule has 0 aliphatic carbocycles. The standard InChI is InChI=1S/C23H41O7P/c1-2-3-4-5-6-7-8-9-10-11-12-13-14-15-16-17-18-19-23(25)29-20-22(24)21-30-31(26,27)28/h6-7,9-10,12-13,15-16,22-25H,2-5,8,11,14,17-21H2,1H3,(H2,26,27,28)/b7-6-,10-9-,13-12-,16-15-/t22?,23-/m0/s1. The van der Waals surface area contributed by atoms with Crippen LogP contribution in [0.3, 0.4) is 0 Å². The summed E-state index contributed by atoms with van der Waals surface area (Å²) in [4.78, 5) is 17.1. The number of rotatable bonds is 20. The molecule has 0 aliphatic heterocycles. The van der Waals surface area contributed by atoms with Gasteiger partial charge in [0.15, 0.2) is 6.29 Å². The van der Waals surface area contributed by atoms with Crippen LogP contribution in [0, 0.1) is 0 Å². The number of ether oxygens (including phenoxy) is 1. The molecule has 0 aromatic carbocycles. The lowest BCUT2D eigenvalue weighted by molar-refractivity contribution is -0.129. The first-order valence-corrected chi connectivity index (χ1v) is 12.7. The van der Waals surface area contributed by atoms with E-state index in [0.717, 1.165) is 32.1 Å². The van der Waals surface area contributed by atoms with E-state index >= 15 is 0 Å². The zero-order chi connectivity index (χ0) is 23.2. The average molecular weight is 461 g/mol. The molecule has 1 unspecified atom stereocenters. The topological polar surface area (TPSA) is 116 Å². The van der Waals surface area contributed by atoms with Gasteiger partial charge < -0.3 is 24.7 Å². The maximum absolute atomic E-state index is 10.5. The smallest absolute Gasteiger partial charge is 0.388 e. The molecule has 31 heavy (non-hydrogen) atoms. The van der Waals surface area contributed by atoms with Crippen LogP contribution in [0.25, 0.3) is 0 Å². The lowest BCUT2D eigenvalue weighted by Gasteiger charge is -2.15. The van der Waals surface area contributed by atoms with Crippen molar-refractivity contribution in [2.24, 2.45) is 0 Å². The molecule has 0 rings (SSSR count). The highest BCUT2D eigenvalue weighted by Crippen LogP contribution is 2.35. The van der Waals surface area contributed by atoms with E-state index in [1.807, 2.05) is 0 Å². The van der Waals surface area contributed by atoms with Gasteiger partial charge in [0, 0.05) is 0 Å². The van der Waals surface area contributed by atoms with E-state index < -0.39 is 26.8 Å². The summed E-state index contributed by atoms with van der Waals surface area (Å²) in [6.07, 6.45) is 24.8. The summed E-state index contributed by atoms with van der Waals surface area (Å²) in [5, 5.41) is 19.1. The third-order valence-electron chi connectivity index (χ3n) is 4.20. The van der Waals surface area contributed by atoms with Gasteiger partial charge in [0.2, 0.25) is 0 Å². The SMILES string of the molecule is CCCCC/C=C\C/C=C\C/C=C\C/C=C\CCC[C@@H](O)OCC(O)COP(=O)(O)O. The van der Waals surface area contributed by atoms with Crippen LogP contribution in [0.5, 0.6) is 0 Å². The van der Waals surface area contributed by atoms with Gasteiger partial charge in [0.05, 0.1) is 13.2 Å². The maximum atomic E-state index is 10.5. The molecule has 0 aromatic heterocycles. The van der Waals surface area contributed by atoms with Crippen molar-refractivity contribution in [2.45, 2.75) is 83.5 Å². The number of allylic oxidation sites excluding steroid dienone is 8. The first kappa shape index (κ1) is 29.9. The van der Waals surface area contributed by atoms with Gasteiger partial charge in [-0.2, -0.15) is 0 Å². The molecule has 8 heteroatoms. The van der Waals surface area contributed by atoms with Crippen molar-refractivity contribution < 1.29 is 33.8 Å². The molecule has 0 radical (unpaired) electrons. The minimum Gasteiger partial charge on any atom is -0.388 e. The van der Waals surface area contributed by atoms with Crippen LogP contribution < -0.4 is 0 Å². The molecule has 180 valence electrons. The molecule has 0 saturated carbocycles. The van der Waals surface area contributed by atoms with Crippen LogP contribution in [0.4, 0.5) is 0 Å². The Morgan fingerprint density at radius 2 is 1.29 bits per heavy atom. The van der Waals surface area contributed by atoms with Gasteiger partial charge in [0.25, 0.3) is 0 Å². The Morgan fingerprint density at radius 3 is 1.81 bits per heavy atom. The van der Waals surface area contributed by atoms with Crippen LogP contribution in [-0.2, 0) is 13.8 Å². The van der Waals surface area contributed by atoms with E-state index in [2.05, 4.69) is 60.1 Å². The molecule has 0 amide bonds. The molecule has 0 spiro atoms. The van der Waals surface area contributed by atoms with E-state index in [1.54, 1.807) is 0 Å². The zero-order valence-electron chi connectivity index (χ0n) is 18.7. The number of phosphoric acid groups is 1. The predicted octanol–water partition coefficient (Wildman–Crippen LogP) is 4.94. The Hall–Kier alpha value is -1.05. The van der Waals surface area contributed by atoms with Crippen molar-refractivity contribution in [1.82, 2.24) is 0 Å². The maximum Gasteiger partial charge on any atom is 0.469 e. The first-order chi connectivity index (χ1) is 14.8. The molecule has 0 bridgehead atoms. The summed E-state index contributed by atoms with van der Waals surface area (Å²) in [5.41, 5.74) is 0. The van der Waals surface area contributed by atoms with Gasteiger partial charge in [-0.15, -0.1) is 0 Å². The summed E-state index contributed by atoms with van der Waals surface area (Å²) < 4.78 is 19.7. The van der Waals surface area contributed by atoms with Gasteiger partial charge in [-0.1, -0.05) is 68.4 Å². The van der Waals surface area contributed by atoms with Gasteiger partial charge >= 0.3 is 7.82 Å². The monoisotopic (exact) mass is 460 g/mol. The Balaban J connectivity index is 3.59. The number of aliphatic hydroxyl groups is 2. The van der Waals surface area contributed by atoms with E-state index in [9.17, 15) is 14.8 Å². The Morgan fingerprint density at radius 1 is 0.774 bits per heavy atom. The third kappa shape index (κ3) is 25.1. The summed E-state index contributed by atoms with van der Waals surface area (Å²) in [5.74, 6) is 0. The molecule has 0 heterocycles. The summed E-state index contributed by atoms with van der Waals surface area (Å²) in [6.45, 7) is 1.40. The van der Waals surface area contributed by atoms with Crippen LogP contribution in [0.2, 0.25) is 0 Å². The highest BCUT2D eigenvalue weighted by Gasteiger charge is 2.17. The van der Waals surface area contributed by atoms with E-state index in [1.165, 1.54) is 25.7 Å². The number of hydrogen-bond donors (Lipinski definition) is 4. The molecular formula is C23H41O7P. The predicted molar refractivity (Wildman–Crippen MR) is 124 cm³/mol. The molecule has 0 aromatic rings. The summed E-state index contributed by atoms with van der Waals surface area (Å²) in [7, 11) is -4.61. The Kier molecular flexibility index (Phi) is 20.1. The van der Waals surface area contributed by atoms with E-state index in [4.69, 9.17) is 14.5 Å². The second-order valence-electron chi connectivity index (χ2n) is 7.25. The van der Waals surface area contributed by atoms with Crippen molar-refractivity contribution in [2.75, 3.05) is 13.2 Å². The fourth-order valence-corrected chi connectivity index (χ4v) is 2.87. The van der Waals surface area contributed by atoms with Gasteiger partial charge in [0.1, 0.15) is 6.10 Å². The normalized spacial score (nSPS) is 15.1. The fourth-order valence-electron chi connectivity index (χ4n) is 2.51. The largest absolute Gasteiger partial charge is 0.469 e. The van der Waals surface area contributed by atoms with Crippen molar-refractivity contribution >= 4 is 7.82 Å². The number of hydrogen-bond acceptors (Lipinski definition) is 5. The minimum atomic E-state index is -4.61. The number of aliphatic hydroxyl groups excluding tert-OH is 2. The van der Waals surface area contributed by atoms with Crippen molar-refractivity contribution in [3.63, 3.8) is 0 Å². The molecular weight excluding hydrogens is 419 g/mol. The first-order valence-electron chi connectivity index (χ1n) is 11.1. The van der Waals surface area contributed by atoms with Gasteiger partial charge in [-0.3, -0.25) is 4.52 Å². The molecule has 0 fully saturated rings. The van der Waals surface area contributed by atoms with Crippen molar-refractivity contribution in [3.05, 3.63) is 48.6 Å². The third-order valence-corrected chi connectivity index (χ3v) is 4.68. The van der Waals surface area contributed by atoms with Crippen LogP contribution >= 0.6 is 7.82 Å². The molecule has 2 atom stereocenters. The molecule has 7 nitrogen and oxygen atoms in total. The van der Waals surface area contributed by atoms with Crippen molar-refractivity contribution in [3.8, 4) is 0 Å². The number of unbranched alkanes of at least 4 members (excludes halogenated alkanes) is 4. The fraction of sp³-hybridized carbons (Fsp3) is 0.652. The summed E-state index contributed by atoms with van der Waals surface area (Å²) in [6, 6.07) is 0. The highest BCUT2D eigenvalue weighted by atomic mass is 31.2. The minimum absolute atomic E-state index is 0.258. The van der Waals surface area contributed by atoms with Crippen LogP contribution in [-0.4, -0.2) is 45.6 Å². The second-order valence-corrected chi connectivity index (χ2v) is 8.49. The quantitative estimate of drug-likeness (QED) is 0.0880. The number of phosphoric ester groups is 1. The molecule has 4 N–H and O–H groups in total. The molecule has 0 aliphatic rings. The van der Waals surface area contributed by atoms with Crippen molar-refractivity contribution in [1.29, 1.82) is 0 Å². The lowest BCUT2D eigenvalue weighted by Crippen LogP contribution is -2.25. The van der Waals surface area contributed by atoms with E-state index in [0.29, 0.717) is 6.42 Å². The second kappa shape index (κ2) is 20.8.